The lowest BCUT2D eigenvalue weighted by Gasteiger charge is -2.53. The first kappa shape index (κ1) is 20.7. The molecule has 29 heavy (non-hydrogen) atoms. The second-order valence-electron chi connectivity index (χ2n) is 9.03. The number of benzene rings is 1. The smallest absolute Gasteiger partial charge is 0.236 e. The van der Waals surface area contributed by atoms with Gasteiger partial charge in [0.1, 0.15) is 5.75 Å². The van der Waals surface area contributed by atoms with E-state index in [9.17, 15) is 9.90 Å². The van der Waals surface area contributed by atoms with Crippen molar-refractivity contribution in [2.24, 2.45) is 5.92 Å². The molecule has 1 aromatic carbocycles. The number of carbonyl (C=O) groups excluding carboxylic acids is 1. The molecule has 3 aliphatic rings. The van der Waals surface area contributed by atoms with Crippen LogP contribution in [0.3, 0.4) is 0 Å². The summed E-state index contributed by atoms with van der Waals surface area (Å²) in [5, 5.41) is 11.5. The summed E-state index contributed by atoms with van der Waals surface area (Å²) >= 11 is 0. The minimum Gasteiger partial charge on any atom is -0.494 e. The van der Waals surface area contributed by atoms with Gasteiger partial charge in [0.2, 0.25) is 5.91 Å². The summed E-state index contributed by atoms with van der Waals surface area (Å²) in [5.74, 6) is 1.29. The number of para-hydroxylation sites is 1. The average Bonchev–Trinajstić information content (AvgIpc) is 2.75. The number of piperidine rings is 2. The maximum absolute atomic E-state index is 13.1. The predicted octanol–water partition coefficient (Wildman–Crippen LogP) is 3.77. The van der Waals surface area contributed by atoms with Crippen LogP contribution >= 0.6 is 0 Å². The zero-order chi connectivity index (χ0) is 20.3. The van der Waals surface area contributed by atoms with E-state index in [0.29, 0.717) is 13.2 Å². The van der Waals surface area contributed by atoms with Crippen molar-refractivity contribution in [2.75, 3.05) is 32.8 Å². The molecule has 3 fully saturated rings. The van der Waals surface area contributed by atoms with E-state index in [-0.39, 0.29) is 17.9 Å². The quantitative estimate of drug-likeness (QED) is 0.818. The Hall–Kier alpha value is -1.59. The summed E-state index contributed by atoms with van der Waals surface area (Å²) < 4.78 is 5.97. The van der Waals surface area contributed by atoms with Crippen LogP contribution < -0.4 is 4.74 Å². The standard InChI is InChI=1S/C24H36N2O3/c1-2-29-21-12-5-4-10-19(21)23-20-11-6-7-13-24(20,28)14-17-26(23)18-22(27)25-15-8-3-9-16-25/h4-5,10,12,20,23,28H,2-3,6-9,11,13-18H2,1H3. The minimum atomic E-state index is -0.618. The highest BCUT2D eigenvalue weighted by Crippen LogP contribution is 2.50. The molecule has 1 N–H and O–H groups in total. The molecule has 1 amide bonds. The van der Waals surface area contributed by atoms with E-state index >= 15 is 0 Å². The summed E-state index contributed by atoms with van der Waals surface area (Å²) in [6, 6.07) is 8.26. The summed E-state index contributed by atoms with van der Waals surface area (Å²) in [7, 11) is 0. The fourth-order valence-electron chi connectivity index (χ4n) is 5.76. The Morgan fingerprint density at radius 3 is 2.69 bits per heavy atom. The van der Waals surface area contributed by atoms with Crippen LogP contribution in [0.5, 0.6) is 5.75 Å². The summed E-state index contributed by atoms with van der Waals surface area (Å²) in [5.41, 5.74) is 0.512. The first-order valence-corrected chi connectivity index (χ1v) is 11.6. The molecule has 4 rings (SSSR count). The number of hydrogen-bond donors (Lipinski definition) is 1. The van der Waals surface area contributed by atoms with E-state index in [1.807, 2.05) is 24.0 Å². The first-order chi connectivity index (χ1) is 14.1. The Morgan fingerprint density at radius 2 is 1.90 bits per heavy atom. The van der Waals surface area contributed by atoms with Gasteiger partial charge in [0.15, 0.2) is 0 Å². The molecule has 2 saturated heterocycles. The molecule has 5 heteroatoms. The van der Waals surface area contributed by atoms with Gasteiger partial charge in [-0.1, -0.05) is 31.0 Å². The van der Waals surface area contributed by atoms with Crippen molar-refractivity contribution in [3.05, 3.63) is 29.8 Å². The molecular formula is C24H36N2O3. The predicted molar refractivity (Wildman–Crippen MR) is 114 cm³/mol. The highest BCUT2D eigenvalue weighted by molar-refractivity contribution is 5.78. The van der Waals surface area contributed by atoms with Gasteiger partial charge in [-0.05, 0) is 51.5 Å². The van der Waals surface area contributed by atoms with Crippen LogP contribution in [0.15, 0.2) is 24.3 Å². The van der Waals surface area contributed by atoms with Crippen molar-refractivity contribution in [1.29, 1.82) is 0 Å². The van der Waals surface area contributed by atoms with E-state index in [2.05, 4.69) is 17.0 Å². The average molecular weight is 401 g/mol. The monoisotopic (exact) mass is 400 g/mol. The molecule has 1 saturated carbocycles. The molecule has 1 aliphatic carbocycles. The Morgan fingerprint density at radius 1 is 1.10 bits per heavy atom. The third kappa shape index (κ3) is 4.31. The van der Waals surface area contributed by atoms with Gasteiger partial charge in [0.25, 0.3) is 0 Å². The number of fused-ring (bicyclic) bond motifs is 1. The van der Waals surface area contributed by atoms with Gasteiger partial charge in [0, 0.05) is 37.2 Å². The van der Waals surface area contributed by atoms with Gasteiger partial charge in [-0.2, -0.15) is 0 Å². The van der Waals surface area contributed by atoms with Gasteiger partial charge < -0.3 is 14.7 Å². The number of nitrogens with zero attached hydrogens (tertiary/aromatic N) is 2. The van der Waals surface area contributed by atoms with Crippen molar-refractivity contribution in [2.45, 2.75) is 69.9 Å². The number of likely N-dealkylation sites (tertiary alicyclic amines) is 2. The van der Waals surface area contributed by atoms with Crippen LogP contribution in [-0.4, -0.2) is 59.2 Å². The van der Waals surface area contributed by atoms with E-state index in [1.165, 1.54) is 6.42 Å². The van der Waals surface area contributed by atoms with Crippen LogP contribution in [0.25, 0.3) is 0 Å². The third-order valence-electron chi connectivity index (χ3n) is 7.26. The molecule has 2 aliphatic heterocycles. The van der Waals surface area contributed by atoms with Crippen LogP contribution in [0.4, 0.5) is 0 Å². The molecule has 0 spiro atoms. The highest BCUT2D eigenvalue weighted by atomic mass is 16.5. The summed E-state index contributed by atoms with van der Waals surface area (Å²) in [6.45, 7) is 5.60. The lowest BCUT2D eigenvalue weighted by Crippen LogP contribution is -2.56. The van der Waals surface area contributed by atoms with Crippen molar-refractivity contribution in [3.63, 3.8) is 0 Å². The van der Waals surface area contributed by atoms with Gasteiger partial charge >= 0.3 is 0 Å². The maximum Gasteiger partial charge on any atom is 0.236 e. The van der Waals surface area contributed by atoms with Crippen molar-refractivity contribution < 1.29 is 14.6 Å². The molecular weight excluding hydrogens is 364 g/mol. The number of rotatable bonds is 5. The molecule has 0 radical (unpaired) electrons. The van der Waals surface area contributed by atoms with Crippen molar-refractivity contribution >= 4 is 5.91 Å². The number of aliphatic hydroxyl groups is 1. The summed E-state index contributed by atoms with van der Waals surface area (Å²) in [6.07, 6.45) is 8.35. The topological polar surface area (TPSA) is 53.0 Å². The SMILES string of the molecule is CCOc1ccccc1C1C2CCCCC2(O)CCN1CC(=O)N1CCCCC1. The molecule has 2 heterocycles. The molecule has 0 bridgehead atoms. The first-order valence-electron chi connectivity index (χ1n) is 11.6. The van der Waals surface area contributed by atoms with Crippen LogP contribution in [0, 0.1) is 5.92 Å². The number of ether oxygens (including phenoxy) is 1. The van der Waals surface area contributed by atoms with E-state index in [4.69, 9.17) is 4.74 Å². The summed E-state index contributed by atoms with van der Waals surface area (Å²) in [4.78, 5) is 17.5. The van der Waals surface area contributed by atoms with Crippen LogP contribution in [0.1, 0.15) is 69.9 Å². The maximum atomic E-state index is 13.1. The fourth-order valence-corrected chi connectivity index (χ4v) is 5.76. The van der Waals surface area contributed by atoms with E-state index < -0.39 is 5.60 Å². The second kappa shape index (κ2) is 9.05. The van der Waals surface area contributed by atoms with Gasteiger partial charge in [-0.3, -0.25) is 9.69 Å². The van der Waals surface area contributed by atoms with Gasteiger partial charge in [-0.15, -0.1) is 0 Å². The lowest BCUT2D eigenvalue weighted by molar-refractivity contribution is -0.145. The minimum absolute atomic E-state index is 0.0329. The molecule has 5 nitrogen and oxygen atoms in total. The largest absolute Gasteiger partial charge is 0.494 e. The molecule has 1 aromatic rings. The van der Waals surface area contributed by atoms with Gasteiger partial charge in [-0.25, -0.2) is 0 Å². The Kier molecular flexibility index (Phi) is 6.45. The van der Waals surface area contributed by atoms with Crippen molar-refractivity contribution in [3.8, 4) is 5.75 Å². The fraction of sp³-hybridized carbons (Fsp3) is 0.708. The van der Waals surface area contributed by atoms with Crippen molar-refractivity contribution in [1.82, 2.24) is 9.80 Å². The molecule has 160 valence electrons. The van der Waals surface area contributed by atoms with Crippen LogP contribution in [-0.2, 0) is 4.79 Å². The zero-order valence-electron chi connectivity index (χ0n) is 17.8. The molecule has 3 unspecified atom stereocenters. The zero-order valence-corrected chi connectivity index (χ0v) is 17.8. The Bertz CT molecular complexity index is 703. The Labute approximate surface area is 175 Å². The van der Waals surface area contributed by atoms with Crippen LogP contribution in [0.2, 0.25) is 0 Å². The number of carbonyl (C=O) groups is 1. The lowest BCUT2D eigenvalue weighted by atomic mass is 9.66. The molecule has 0 aromatic heterocycles. The highest BCUT2D eigenvalue weighted by Gasteiger charge is 2.50. The Balaban J connectivity index is 1.63. The second-order valence-corrected chi connectivity index (χ2v) is 9.03. The molecule has 3 atom stereocenters. The van der Waals surface area contributed by atoms with E-state index in [0.717, 1.165) is 75.9 Å². The van der Waals surface area contributed by atoms with Gasteiger partial charge in [0.05, 0.1) is 18.8 Å². The normalized spacial score (nSPS) is 30.6. The third-order valence-corrected chi connectivity index (χ3v) is 7.26. The number of amides is 1. The van der Waals surface area contributed by atoms with E-state index in [1.54, 1.807) is 0 Å². The number of hydrogen-bond acceptors (Lipinski definition) is 4.